The van der Waals surface area contributed by atoms with Gasteiger partial charge in [-0.25, -0.2) is 8.42 Å². The molecule has 0 bridgehead atoms. The Hall–Kier alpha value is -0.580. The summed E-state index contributed by atoms with van der Waals surface area (Å²) in [5, 5.41) is 7.33. The molecular formula is C7H14O4S. The Morgan fingerprint density at radius 2 is 1.83 bits per heavy atom. The maximum atomic E-state index is 10.9. The van der Waals surface area contributed by atoms with Crippen molar-refractivity contribution in [1.82, 2.24) is 0 Å². The highest BCUT2D eigenvalue weighted by Crippen LogP contribution is 2.11. The van der Waals surface area contributed by atoms with Crippen molar-refractivity contribution in [2.24, 2.45) is 5.92 Å². The molecule has 0 rings (SSSR count). The molecule has 0 radical (unpaired) electrons. The van der Waals surface area contributed by atoms with Crippen LogP contribution in [-0.2, 0) is 14.6 Å². The van der Waals surface area contributed by atoms with Crippen LogP contribution in [-0.4, -0.2) is 31.0 Å². The van der Waals surface area contributed by atoms with Gasteiger partial charge in [0.25, 0.3) is 0 Å². The van der Waals surface area contributed by atoms with E-state index in [0.29, 0.717) is 0 Å². The van der Waals surface area contributed by atoms with Crippen LogP contribution < -0.4 is 0 Å². The smallest absolute Gasteiger partial charge is 0.321 e. The average Bonchev–Trinajstić information content (AvgIpc) is 1.79. The Bertz CT molecular complexity index is 253. The van der Waals surface area contributed by atoms with Crippen LogP contribution in [0.1, 0.15) is 20.3 Å². The van der Waals surface area contributed by atoms with E-state index in [2.05, 4.69) is 0 Å². The van der Waals surface area contributed by atoms with Crippen molar-refractivity contribution in [3.8, 4) is 0 Å². The van der Waals surface area contributed by atoms with E-state index in [1.54, 1.807) is 13.8 Å². The molecule has 0 aliphatic heterocycles. The molecule has 0 aliphatic carbocycles. The van der Waals surface area contributed by atoms with Gasteiger partial charge in [0.15, 0.2) is 15.1 Å². The van der Waals surface area contributed by atoms with Gasteiger partial charge in [-0.3, -0.25) is 4.79 Å². The maximum Gasteiger partial charge on any atom is 0.321 e. The summed E-state index contributed by atoms with van der Waals surface area (Å²) in [4.78, 5) is 10.5. The summed E-state index contributed by atoms with van der Waals surface area (Å²) in [6.07, 6.45) is 1.13. The van der Waals surface area contributed by atoms with Gasteiger partial charge in [0.05, 0.1) is 0 Å². The summed E-state index contributed by atoms with van der Waals surface area (Å²) in [6, 6.07) is 0. The van der Waals surface area contributed by atoms with E-state index in [-0.39, 0.29) is 12.3 Å². The first-order valence-electron chi connectivity index (χ1n) is 3.66. The zero-order valence-corrected chi connectivity index (χ0v) is 8.26. The summed E-state index contributed by atoms with van der Waals surface area (Å²) in [5.74, 6) is -1.19. The normalized spacial score (nSPS) is 14.7. The lowest BCUT2D eigenvalue weighted by molar-refractivity contribution is -0.136. The van der Waals surface area contributed by atoms with Gasteiger partial charge in [0, 0.05) is 6.26 Å². The Balaban J connectivity index is 4.59. The molecule has 0 saturated carbocycles. The molecule has 72 valence electrons. The molecule has 0 aliphatic rings. The number of sulfone groups is 1. The maximum absolute atomic E-state index is 10.9. The van der Waals surface area contributed by atoms with Crippen molar-refractivity contribution in [2.45, 2.75) is 25.5 Å². The third kappa shape index (κ3) is 3.71. The fourth-order valence-corrected chi connectivity index (χ4v) is 1.99. The minimum atomic E-state index is -3.46. The van der Waals surface area contributed by atoms with E-state index < -0.39 is 21.1 Å². The number of rotatable bonds is 4. The van der Waals surface area contributed by atoms with E-state index in [4.69, 9.17) is 5.11 Å². The van der Waals surface area contributed by atoms with Crippen LogP contribution in [0.5, 0.6) is 0 Å². The monoisotopic (exact) mass is 194 g/mol. The molecule has 0 spiro atoms. The van der Waals surface area contributed by atoms with Crippen molar-refractivity contribution in [3.05, 3.63) is 0 Å². The van der Waals surface area contributed by atoms with Crippen LogP contribution in [0.3, 0.4) is 0 Å². The highest BCUT2D eigenvalue weighted by Gasteiger charge is 2.28. The molecular weight excluding hydrogens is 180 g/mol. The number of carboxylic acid groups (broad SMARTS) is 1. The van der Waals surface area contributed by atoms with Crippen molar-refractivity contribution in [1.29, 1.82) is 0 Å². The lowest BCUT2D eigenvalue weighted by Crippen LogP contribution is -2.30. The lowest BCUT2D eigenvalue weighted by atomic mass is 10.1. The minimum Gasteiger partial charge on any atom is -0.480 e. The van der Waals surface area contributed by atoms with E-state index in [1.807, 2.05) is 0 Å². The Morgan fingerprint density at radius 3 is 1.92 bits per heavy atom. The van der Waals surface area contributed by atoms with Crippen LogP contribution in [0.15, 0.2) is 0 Å². The standard InChI is InChI=1S/C7H14O4S/c1-5(2)4-6(7(8)9)12(3,10)11/h5-6H,4H2,1-3H3,(H,8,9). The second kappa shape index (κ2) is 3.89. The van der Waals surface area contributed by atoms with Gasteiger partial charge in [0.2, 0.25) is 0 Å². The largest absolute Gasteiger partial charge is 0.480 e. The quantitative estimate of drug-likeness (QED) is 0.708. The number of carboxylic acids is 1. The van der Waals surface area contributed by atoms with Gasteiger partial charge in [-0.15, -0.1) is 0 Å². The van der Waals surface area contributed by atoms with Crippen molar-refractivity contribution in [3.63, 3.8) is 0 Å². The van der Waals surface area contributed by atoms with E-state index in [1.165, 1.54) is 0 Å². The predicted molar refractivity (Wildman–Crippen MR) is 45.7 cm³/mol. The fraction of sp³-hybridized carbons (Fsp3) is 0.857. The van der Waals surface area contributed by atoms with Gasteiger partial charge in [-0.1, -0.05) is 13.8 Å². The van der Waals surface area contributed by atoms with E-state index >= 15 is 0 Å². The lowest BCUT2D eigenvalue weighted by Gasteiger charge is -2.11. The molecule has 4 nitrogen and oxygen atoms in total. The van der Waals surface area contributed by atoms with Gasteiger partial charge in [0.1, 0.15) is 0 Å². The topological polar surface area (TPSA) is 71.4 Å². The van der Waals surface area contributed by atoms with Crippen LogP contribution in [0, 0.1) is 5.92 Å². The highest BCUT2D eigenvalue weighted by atomic mass is 32.2. The first-order chi connectivity index (χ1) is 5.25. The third-order valence-corrected chi connectivity index (χ3v) is 2.91. The zero-order valence-electron chi connectivity index (χ0n) is 7.44. The number of hydrogen-bond donors (Lipinski definition) is 1. The van der Waals surface area contributed by atoms with Gasteiger partial charge < -0.3 is 5.11 Å². The fourth-order valence-electron chi connectivity index (χ4n) is 0.887. The van der Waals surface area contributed by atoms with Gasteiger partial charge >= 0.3 is 5.97 Å². The van der Waals surface area contributed by atoms with Crippen molar-refractivity contribution < 1.29 is 18.3 Å². The molecule has 5 heteroatoms. The summed E-state index contributed by atoms with van der Waals surface area (Å²) < 4.78 is 21.9. The van der Waals surface area contributed by atoms with Crippen molar-refractivity contribution in [2.75, 3.05) is 6.26 Å². The Labute approximate surface area is 72.5 Å². The molecule has 0 amide bonds. The molecule has 0 saturated heterocycles. The second-order valence-electron chi connectivity index (χ2n) is 3.29. The Kier molecular flexibility index (Phi) is 3.70. The summed E-state index contributed by atoms with van der Waals surface area (Å²) in [7, 11) is -3.46. The summed E-state index contributed by atoms with van der Waals surface area (Å²) in [5.41, 5.74) is 0. The molecule has 1 unspecified atom stereocenters. The van der Waals surface area contributed by atoms with Crippen molar-refractivity contribution >= 4 is 15.8 Å². The first kappa shape index (κ1) is 11.4. The second-order valence-corrected chi connectivity index (χ2v) is 5.51. The average molecular weight is 194 g/mol. The first-order valence-corrected chi connectivity index (χ1v) is 5.62. The molecule has 1 N–H and O–H groups in total. The SMILES string of the molecule is CC(C)CC(C(=O)O)S(C)(=O)=O. The van der Waals surface area contributed by atoms with Gasteiger partial charge in [-0.2, -0.15) is 0 Å². The molecule has 0 aromatic heterocycles. The van der Waals surface area contributed by atoms with Crippen LogP contribution >= 0.6 is 0 Å². The minimum absolute atomic E-state index is 0.0702. The number of hydrogen-bond acceptors (Lipinski definition) is 3. The highest BCUT2D eigenvalue weighted by molar-refractivity contribution is 7.92. The molecule has 0 aromatic rings. The number of carbonyl (C=O) groups is 1. The molecule has 0 heterocycles. The number of aliphatic carboxylic acids is 1. The van der Waals surface area contributed by atoms with Gasteiger partial charge in [-0.05, 0) is 12.3 Å². The van der Waals surface area contributed by atoms with E-state index in [9.17, 15) is 13.2 Å². The molecule has 12 heavy (non-hydrogen) atoms. The van der Waals surface area contributed by atoms with Crippen LogP contribution in [0.4, 0.5) is 0 Å². The zero-order chi connectivity index (χ0) is 9.94. The Morgan fingerprint density at radius 1 is 1.42 bits per heavy atom. The third-order valence-electron chi connectivity index (χ3n) is 1.48. The van der Waals surface area contributed by atoms with E-state index in [0.717, 1.165) is 6.26 Å². The summed E-state index contributed by atoms with van der Waals surface area (Å²) in [6.45, 7) is 3.59. The van der Waals surface area contributed by atoms with Crippen LogP contribution in [0.25, 0.3) is 0 Å². The predicted octanol–water partition coefficient (Wildman–Crippen LogP) is 0.530. The summed E-state index contributed by atoms with van der Waals surface area (Å²) >= 11 is 0. The van der Waals surface area contributed by atoms with Crippen LogP contribution in [0.2, 0.25) is 0 Å². The molecule has 0 fully saturated rings. The molecule has 1 atom stereocenters. The molecule has 0 aromatic carbocycles.